The summed E-state index contributed by atoms with van der Waals surface area (Å²) >= 11 is 0. The topological polar surface area (TPSA) is 37.4 Å². The third-order valence-electron chi connectivity index (χ3n) is 3.56. The lowest BCUT2D eigenvalue weighted by atomic mass is 10.0. The number of nitrogens with zero attached hydrogens (tertiary/aromatic N) is 2. The van der Waals surface area contributed by atoms with Crippen LogP contribution in [-0.4, -0.2) is 38.8 Å². The molecule has 1 N–H and O–H groups in total. The van der Waals surface area contributed by atoms with Gasteiger partial charge in [0.25, 0.3) is 0 Å². The van der Waals surface area contributed by atoms with Crippen molar-refractivity contribution in [2.75, 3.05) is 38.8 Å². The molecule has 0 bridgehead atoms. The van der Waals surface area contributed by atoms with Gasteiger partial charge in [-0.2, -0.15) is 0 Å². The van der Waals surface area contributed by atoms with Crippen molar-refractivity contribution in [3.63, 3.8) is 0 Å². The van der Waals surface area contributed by atoms with Gasteiger partial charge in [-0.3, -0.25) is 0 Å². The van der Waals surface area contributed by atoms with Crippen molar-refractivity contribution in [3.8, 4) is 0 Å². The molecule has 106 valence electrons. The summed E-state index contributed by atoms with van der Waals surface area (Å²) in [5.74, 6) is 1.70. The highest BCUT2D eigenvalue weighted by Crippen LogP contribution is 2.19. The van der Waals surface area contributed by atoms with Crippen LogP contribution in [0.1, 0.15) is 24.1 Å². The Morgan fingerprint density at radius 3 is 3.00 bits per heavy atom. The summed E-state index contributed by atoms with van der Waals surface area (Å²) in [6, 6.07) is 4.31. The number of pyridine rings is 1. The average molecular weight is 263 g/mol. The maximum atomic E-state index is 5.55. The Morgan fingerprint density at radius 2 is 2.32 bits per heavy atom. The van der Waals surface area contributed by atoms with Crippen molar-refractivity contribution >= 4 is 5.82 Å². The van der Waals surface area contributed by atoms with Gasteiger partial charge in [0.15, 0.2) is 0 Å². The number of ether oxygens (including phenoxy) is 1. The minimum Gasteiger partial charge on any atom is -0.381 e. The van der Waals surface area contributed by atoms with Gasteiger partial charge >= 0.3 is 0 Å². The summed E-state index contributed by atoms with van der Waals surface area (Å²) in [7, 11) is 4.10. The minimum atomic E-state index is 0.633. The maximum Gasteiger partial charge on any atom is 0.128 e. The standard InChI is InChI=1S/C15H25N3O/c1-12-7-14(9-16-2)8-15(17-12)18(3)10-13-5-4-6-19-11-13/h7-8,13,16H,4-6,9-11H2,1-3H3. The molecular weight excluding hydrogens is 238 g/mol. The summed E-state index contributed by atoms with van der Waals surface area (Å²) in [5.41, 5.74) is 2.37. The van der Waals surface area contributed by atoms with Crippen LogP contribution in [0.2, 0.25) is 0 Å². The first-order valence-electron chi connectivity index (χ1n) is 7.10. The number of aryl methyl sites for hydroxylation is 1. The zero-order chi connectivity index (χ0) is 13.7. The van der Waals surface area contributed by atoms with E-state index in [4.69, 9.17) is 4.74 Å². The van der Waals surface area contributed by atoms with Crippen molar-refractivity contribution in [1.82, 2.24) is 10.3 Å². The van der Waals surface area contributed by atoms with Crippen LogP contribution >= 0.6 is 0 Å². The molecule has 1 aliphatic rings. The van der Waals surface area contributed by atoms with Crippen LogP contribution in [0.5, 0.6) is 0 Å². The third-order valence-corrected chi connectivity index (χ3v) is 3.56. The highest BCUT2D eigenvalue weighted by molar-refractivity contribution is 5.42. The molecule has 0 spiro atoms. The molecule has 4 heteroatoms. The molecule has 0 aliphatic carbocycles. The van der Waals surface area contributed by atoms with Gasteiger partial charge in [-0.25, -0.2) is 4.98 Å². The molecule has 2 heterocycles. The minimum absolute atomic E-state index is 0.633. The molecule has 0 radical (unpaired) electrons. The van der Waals surface area contributed by atoms with E-state index in [-0.39, 0.29) is 0 Å². The maximum absolute atomic E-state index is 5.55. The molecule has 1 aliphatic heterocycles. The number of hydrogen-bond donors (Lipinski definition) is 1. The Bertz CT molecular complexity index is 402. The highest BCUT2D eigenvalue weighted by atomic mass is 16.5. The van der Waals surface area contributed by atoms with Crippen LogP contribution in [0.15, 0.2) is 12.1 Å². The summed E-state index contributed by atoms with van der Waals surface area (Å²) in [5, 5.41) is 3.19. The largest absolute Gasteiger partial charge is 0.381 e. The average Bonchev–Trinajstić information content (AvgIpc) is 2.39. The third kappa shape index (κ3) is 4.18. The molecular formula is C15H25N3O. The molecule has 0 saturated carbocycles. The van der Waals surface area contributed by atoms with Crippen LogP contribution in [0.4, 0.5) is 5.82 Å². The lowest BCUT2D eigenvalue weighted by Crippen LogP contribution is -2.31. The number of hydrogen-bond acceptors (Lipinski definition) is 4. The lowest BCUT2D eigenvalue weighted by Gasteiger charge is -2.28. The van der Waals surface area contributed by atoms with E-state index >= 15 is 0 Å². The SMILES string of the molecule is CNCc1cc(C)nc(N(C)CC2CCCOC2)c1. The van der Waals surface area contributed by atoms with Crippen LogP contribution in [0, 0.1) is 12.8 Å². The van der Waals surface area contributed by atoms with Crippen LogP contribution in [-0.2, 0) is 11.3 Å². The van der Waals surface area contributed by atoms with Crippen molar-refractivity contribution in [2.24, 2.45) is 5.92 Å². The monoisotopic (exact) mass is 263 g/mol. The fourth-order valence-electron chi connectivity index (χ4n) is 2.65. The normalized spacial score (nSPS) is 19.4. The zero-order valence-corrected chi connectivity index (χ0v) is 12.3. The van der Waals surface area contributed by atoms with E-state index in [2.05, 4.69) is 41.3 Å². The lowest BCUT2D eigenvalue weighted by molar-refractivity contribution is 0.0576. The van der Waals surface area contributed by atoms with Gasteiger partial charge in [0.1, 0.15) is 5.82 Å². The number of nitrogens with one attached hydrogen (secondary N) is 1. The zero-order valence-electron chi connectivity index (χ0n) is 12.3. The molecule has 1 aromatic heterocycles. The van der Waals surface area contributed by atoms with Crippen LogP contribution in [0.25, 0.3) is 0 Å². The summed E-state index contributed by atoms with van der Waals surface area (Å²) < 4.78 is 5.55. The second-order valence-electron chi connectivity index (χ2n) is 5.47. The Kier molecular flexibility index (Phi) is 5.16. The Balaban J connectivity index is 2.02. The molecule has 0 amide bonds. The Hall–Kier alpha value is -1.13. The van der Waals surface area contributed by atoms with Gasteiger partial charge in [0.2, 0.25) is 0 Å². The molecule has 1 atom stereocenters. The Labute approximate surface area is 116 Å². The van der Waals surface area contributed by atoms with E-state index in [0.29, 0.717) is 5.92 Å². The van der Waals surface area contributed by atoms with E-state index in [0.717, 1.165) is 37.8 Å². The van der Waals surface area contributed by atoms with Crippen molar-refractivity contribution in [3.05, 3.63) is 23.4 Å². The van der Waals surface area contributed by atoms with Crippen molar-refractivity contribution in [1.29, 1.82) is 0 Å². The van der Waals surface area contributed by atoms with Gasteiger partial charge in [-0.15, -0.1) is 0 Å². The molecule has 4 nitrogen and oxygen atoms in total. The Morgan fingerprint density at radius 1 is 1.47 bits per heavy atom. The molecule has 0 aromatic carbocycles. The van der Waals surface area contributed by atoms with Crippen LogP contribution in [0.3, 0.4) is 0 Å². The number of aromatic nitrogens is 1. The van der Waals surface area contributed by atoms with Crippen molar-refractivity contribution in [2.45, 2.75) is 26.3 Å². The van der Waals surface area contributed by atoms with Crippen molar-refractivity contribution < 1.29 is 4.74 Å². The van der Waals surface area contributed by atoms with Gasteiger partial charge in [0, 0.05) is 32.4 Å². The second kappa shape index (κ2) is 6.87. The van der Waals surface area contributed by atoms with E-state index in [9.17, 15) is 0 Å². The summed E-state index contributed by atoms with van der Waals surface area (Å²) in [4.78, 5) is 6.89. The second-order valence-corrected chi connectivity index (χ2v) is 5.47. The predicted molar refractivity (Wildman–Crippen MR) is 78.6 cm³/mol. The van der Waals surface area contributed by atoms with Crippen LogP contribution < -0.4 is 10.2 Å². The number of rotatable bonds is 5. The van der Waals surface area contributed by atoms with Gasteiger partial charge < -0.3 is 15.0 Å². The van der Waals surface area contributed by atoms with Gasteiger partial charge in [-0.05, 0) is 50.4 Å². The van der Waals surface area contributed by atoms with Gasteiger partial charge in [-0.1, -0.05) is 0 Å². The molecule has 1 fully saturated rings. The highest BCUT2D eigenvalue weighted by Gasteiger charge is 2.17. The fourth-order valence-corrected chi connectivity index (χ4v) is 2.65. The quantitative estimate of drug-likeness (QED) is 0.881. The molecule has 1 saturated heterocycles. The molecule has 1 aromatic rings. The fraction of sp³-hybridized carbons (Fsp3) is 0.667. The summed E-state index contributed by atoms with van der Waals surface area (Å²) in [6.07, 6.45) is 2.45. The summed E-state index contributed by atoms with van der Waals surface area (Å²) in [6.45, 7) is 5.78. The molecule has 19 heavy (non-hydrogen) atoms. The first-order valence-corrected chi connectivity index (χ1v) is 7.10. The van der Waals surface area contributed by atoms with E-state index in [1.165, 1.54) is 18.4 Å². The number of anilines is 1. The van der Waals surface area contributed by atoms with Gasteiger partial charge in [0.05, 0.1) is 6.61 Å². The molecule has 2 rings (SSSR count). The first kappa shape index (κ1) is 14.3. The smallest absolute Gasteiger partial charge is 0.128 e. The van der Waals surface area contributed by atoms with E-state index in [1.54, 1.807) is 0 Å². The van der Waals surface area contributed by atoms with E-state index in [1.807, 2.05) is 7.05 Å². The molecule has 1 unspecified atom stereocenters. The van der Waals surface area contributed by atoms with E-state index < -0.39 is 0 Å². The predicted octanol–water partition coefficient (Wildman–Crippen LogP) is 1.97. The first-order chi connectivity index (χ1) is 9.19.